The Labute approximate surface area is 85.9 Å². The molecule has 5 heteroatoms. The summed E-state index contributed by atoms with van der Waals surface area (Å²) in [5.41, 5.74) is 0.669. The molecule has 0 aliphatic heterocycles. The summed E-state index contributed by atoms with van der Waals surface area (Å²) in [6.45, 7) is 0. The minimum Gasteiger partial charge on any atom is -0.481 e. The van der Waals surface area contributed by atoms with Crippen molar-refractivity contribution in [3.05, 3.63) is 24.0 Å². The van der Waals surface area contributed by atoms with Crippen molar-refractivity contribution in [3.63, 3.8) is 0 Å². The van der Waals surface area contributed by atoms with Gasteiger partial charge in [-0.1, -0.05) is 0 Å². The van der Waals surface area contributed by atoms with Crippen LogP contribution in [0.4, 0.5) is 0 Å². The molecular formula is C6H6N2NaO2+. The van der Waals surface area contributed by atoms with Gasteiger partial charge in [0, 0.05) is 6.20 Å². The van der Waals surface area contributed by atoms with Gasteiger partial charge in [-0.25, -0.2) is 0 Å². The molecule has 0 aliphatic carbocycles. The molecule has 11 heavy (non-hydrogen) atoms. The van der Waals surface area contributed by atoms with Gasteiger partial charge >= 0.3 is 35.5 Å². The van der Waals surface area contributed by atoms with E-state index in [1.807, 2.05) is 0 Å². The number of hydrogen-bond acceptors (Lipinski definition) is 3. The minimum absolute atomic E-state index is 0. The van der Waals surface area contributed by atoms with Crippen molar-refractivity contribution in [1.29, 1.82) is 0 Å². The second-order valence-electron chi connectivity index (χ2n) is 1.82. The number of rotatable bonds is 2. The molecule has 0 saturated heterocycles. The summed E-state index contributed by atoms with van der Waals surface area (Å²) in [4.78, 5) is 10.1. The fourth-order valence-corrected chi connectivity index (χ4v) is 0.597. The van der Waals surface area contributed by atoms with E-state index in [1.54, 1.807) is 6.07 Å². The Bertz CT molecular complexity index is 227. The average Bonchev–Trinajstić information content (AvgIpc) is 1.88. The Balaban J connectivity index is 0.000001000. The number of carbonyl (C=O) groups is 1. The van der Waals surface area contributed by atoms with Gasteiger partial charge in [0.2, 0.25) is 0 Å². The predicted octanol–water partition coefficient (Wildman–Crippen LogP) is -2.89. The topological polar surface area (TPSA) is 63.1 Å². The molecule has 0 radical (unpaired) electrons. The summed E-state index contributed by atoms with van der Waals surface area (Å²) in [6, 6.07) is 1.63. The second-order valence-corrected chi connectivity index (χ2v) is 1.82. The first-order valence-electron chi connectivity index (χ1n) is 2.76. The molecule has 0 unspecified atom stereocenters. The summed E-state index contributed by atoms with van der Waals surface area (Å²) >= 11 is 0. The maximum atomic E-state index is 10.1. The maximum absolute atomic E-state index is 10.1. The summed E-state index contributed by atoms with van der Waals surface area (Å²) in [6.07, 6.45) is 2.92. The summed E-state index contributed by atoms with van der Waals surface area (Å²) in [5, 5.41) is 15.4. The SMILES string of the molecule is O=C(O)Cc1ccnnc1.[Na+]. The van der Waals surface area contributed by atoms with E-state index in [4.69, 9.17) is 5.11 Å². The summed E-state index contributed by atoms with van der Waals surface area (Å²) in [7, 11) is 0. The van der Waals surface area contributed by atoms with E-state index in [1.165, 1.54) is 12.4 Å². The fourth-order valence-electron chi connectivity index (χ4n) is 0.597. The molecule has 0 atom stereocenters. The van der Waals surface area contributed by atoms with Crippen LogP contribution >= 0.6 is 0 Å². The van der Waals surface area contributed by atoms with Gasteiger partial charge < -0.3 is 5.11 Å². The molecule has 0 amide bonds. The number of aromatic nitrogens is 2. The van der Waals surface area contributed by atoms with Gasteiger partial charge in [0.25, 0.3) is 0 Å². The van der Waals surface area contributed by atoms with Crippen molar-refractivity contribution < 1.29 is 39.5 Å². The summed E-state index contributed by atoms with van der Waals surface area (Å²) < 4.78 is 0. The van der Waals surface area contributed by atoms with E-state index < -0.39 is 5.97 Å². The number of aliphatic carboxylic acids is 1. The Morgan fingerprint density at radius 2 is 2.27 bits per heavy atom. The minimum atomic E-state index is -0.854. The molecule has 0 bridgehead atoms. The molecule has 1 rings (SSSR count). The van der Waals surface area contributed by atoms with E-state index in [-0.39, 0.29) is 36.0 Å². The van der Waals surface area contributed by atoms with Gasteiger partial charge in [0.1, 0.15) is 0 Å². The quantitative estimate of drug-likeness (QED) is 0.473. The average molecular weight is 161 g/mol. The molecular weight excluding hydrogens is 155 g/mol. The Morgan fingerprint density at radius 1 is 1.55 bits per heavy atom. The molecule has 0 saturated carbocycles. The van der Waals surface area contributed by atoms with E-state index in [0.717, 1.165) is 0 Å². The molecule has 1 heterocycles. The van der Waals surface area contributed by atoms with Crippen LogP contribution in [0.1, 0.15) is 5.56 Å². The monoisotopic (exact) mass is 161 g/mol. The molecule has 0 aliphatic rings. The first-order valence-corrected chi connectivity index (χ1v) is 2.76. The third-order valence-electron chi connectivity index (χ3n) is 1.00. The van der Waals surface area contributed by atoms with Gasteiger partial charge in [-0.3, -0.25) is 4.79 Å². The van der Waals surface area contributed by atoms with Crippen molar-refractivity contribution in [1.82, 2.24) is 10.2 Å². The number of nitrogens with zero attached hydrogens (tertiary/aromatic N) is 2. The van der Waals surface area contributed by atoms with Crippen molar-refractivity contribution in [2.75, 3.05) is 0 Å². The van der Waals surface area contributed by atoms with Gasteiger partial charge in [-0.2, -0.15) is 10.2 Å². The summed E-state index contributed by atoms with van der Waals surface area (Å²) in [5.74, 6) is -0.854. The van der Waals surface area contributed by atoms with Crippen molar-refractivity contribution >= 4 is 5.97 Å². The van der Waals surface area contributed by atoms with Crippen LogP contribution in [0, 0.1) is 0 Å². The van der Waals surface area contributed by atoms with Gasteiger partial charge in [0.05, 0.1) is 12.6 Å². The number of hydrogen-bond donors (Lipinski definition) is 1. The molecule has 0 fully saturated rings. The van der Waals surface area contributed by atoms with Crippen LogP contribution in [0.2, 0.25) is 0 Å². The first kappa shape index (κ1) is 10.6. The van der Waals surface area contributed by atoms with E-state index in [9.17, 15) is 4.79 Å². The smallest absolute Gasteiger partial charge is 0.481 e. The van der Waals surface area contributed by atoms with Crippen molar-refractivity contribution in [2.45, 2.75) is 6.42 Å². The standard InChI is InChI=1S/C6H6N2O2.Na/c9-6(10)3-5-1-2-7-8-4-5;/h1-2,4H,3H2,(H,9,10);/q;+1. The van der Waals surface area contributed by atoms with Crippen LogP contribution in [0.25, 0.3) is 0 Å². The van der Waals surface area contributed by atoms with Crippen LogP contribution in [0.5, 0.6) is 0 Å². The zero-order chi connectivity index (χ0) is 7.40. The van der Waals surface area contributed by atoms with Gasteiger partial charge in [-0.15, -0.1) is 0 Å². The zero-order valence-electron chi connectivity index (χ0n) is 6.19. The first-order chi connectivity index (χ1) is 4.79. The van der Waals surface area contributed by atoms with Crippen LogP contribution < -0.4 is 29.6 Å². The predicted molar refractivity (Wildman–Crippen MR) is 33.4 cm³/mol. The Morgan fingerprint density at radius 3 is 2.73 bits per heavy atom. The van der Waals surface area contributed by atoms with Crippen LogP contribution in [0.15, 0.2) is 18.5 Å². The van der Waals surface area contributed by atoms with E-state index in [0.29, 0.717) is 5.56 Å². The molecule has 0 spiro atoms. The van der Waals surface area contributed by atoms with Crippen LogP contribution in [-0.2, 0) is 11.2 Å². The number of carboxylic acids is 1. The van der Waals surface area contributed by atoms with Gasteiger partial charge in [-0.05, 0) is 11.6 Å². The Kier molecular flexibility index (Phi) is 5.02. The fraction of sp³-hybridized carbons (Fsp3) is 0.167. The Hall–Kier alpha value is -0.450. The third-order valence-corrected chi connectivity index (χ3v) is 1.00. The molecule has 1 N–H and O–H groups in total. The number of carboxylic acid groups (broad SMARTS) is 1. The van der Waals surface area contributed by atoms with E-state index >= 15 is 0 Å². The van der Waals surface area contributed by atoms with E-state index in [2.05, 4.69) is 10.2 Å². The van der Waals surface area contributed by atoms with Crippen LogP contribution in [-0.4, -0.2) is 21.3 Å². The molecule has 1 aromatic rings. The second kappa shape index (κ2) is 5.23. The molecule has 52 valence electrons. The molecule has 0 aromatic carbocycles. The third kappa shape index (κ3) is 4.08. The largest absolute Gasteiger partial charge is 1.00 e. The normalized spacial score (nSPS) is 8.36. The van der Waals surface area contributed by atoms with Crippen LogP contribution in [0.3, 0.4) is 0 Å². The maximum Gasteiger partial charge on any atom is 1.00 e. The molecule has 4 nitrogen and oxygen atoms in total. The van der Waals surface area contributed by atoms with Gasteiger partial charge in [0.15, 0.2) is 0 Å². The van der Waals surface area contributed by atoms with Crippen molar-refractivity contribution in [2.24, 2.45) is 0 Å². The zero-order valence-corrected chi connectivity index (χ0v) is 8.19. The van der Waals surface area contributed by atoms with Crippen molar-refractivity contribution in [3.8, 4) is 0 Å². The molecule has 1 aromatic heterocycles.